The fraction of sp³-hybridized carbons (Fsp3) is 0.684. The van der Waals surface area contributed by atoms with Crippen molar-refractivity contribution in [2.75, 3.05) is 13.2 Å². The maximum atomic E-state index is 12.4. The summed E-state index contributed by atoms with van der Waals surface area (Å²) in [6.07, 6.45) is -2.39. The molecule has 3 N–H and O–H groups in total. The number of aliphatic hydroxyl groups is 3. The zero-order valence-electron chi connectivity index (χ0n) is 15.1. The Hall–Kier alpha value is -1.74. The van der Waals surface area contributed by atoms with Crippen molar-refractivity contribution in [2.24, 2.45) is 17.8 Å². The van der Waals surface area contributed by atoms with Crippen LogP contribution in [0.1, 0.15) is 19.8 Å². The highest BCUT2D eigenvalue weighted by atomic mass is 16.6. The Bertz CT molecular complexity index is 725. The Labute approximate surface area is 156 Å². The number of epoxide rings is 1. The number of esters is 2. The van der Waals surface area contributed by atoms with Gasteiger partial charge in [0.15, 0.2) is 5.60 Å². The molecule has 0 aromatic heterocycles. The van der Waals surface area contributed by atoms with Crippen LogP contribution >= 0.6 is 0 Å². The van der Waals surface area contributed by atoms with Crippen molar-refractivity contribution in [3.05, 3.63) is 24.3 Å². The number of carbonyl (C=O) groups excluding carboxylic acids is 2. The van der Waals surface area contributed by atoms with E-state index in [0.717, 1.165) is 0 Å². The second-order valence-electron chi connectivity index (χ2n) is 8.28. The van der Waals surface area contributed by atoms with Crippen LogP contribution in [0.25, 0.3) is 0 Å². The first-order valence-corrected chi connectivity index (χ1v) is 9.06. The highest BCUT2D eigenvalue weighted by Gasteiger charge is 2.64. The van der Waals surface area contributed by atoms with Crippen LogP contribution in [0.3, 0.4) is 0 Å². The summed E-state index contributed by atoms with van der Waals surface area (Å²) >= 11 is 0. The van der Waals surface area contributed by atoms with E-state index < -0.39 is 59.9 Å². The minimum atomic E-state index is -1.84. The normalized spacial score (nSPS) is 48.5. The molecule has 2 saturated carbocycles. The number of rotatable bonds is 3. The molecule has 148 valence electrons. The predicted molar refractivity (Wildman–Crippen MR) is 90.1 cm³/mol. The molecule has 2 aliphatic carbocycles. The Morgan fingerprint density at radius 2 is 2.07 bits per heavy atom. The third-order valence-electron chi connectivity index (χ3n) is 6.59. The van der Waals surface area contributed by atoms with Gasteiger partial charge in [0, 0.05) is 17.9 Å². The van der Waals surface area contributed by atoms with Crippen molar-refractivity contribution >= 4 is 11.9 Å². The van der Waals surface area contributed by atoms with E-state index >= 15 is 0 Å². The fourth-order valence-electron chi connectivity index (χ4n) is 4.79. The number of aliphatic hydroxyl groups excluding tert-OH is 2. The zero-order chi connectivity index (χ0) is 19.7. The lowest BCUT2D eigenvalue weighted by Gasteiger charge is -2.37. The summed E-state index contributed by atoms with van der Waals surface area (Å²) in [5, 5.41) is 31.1. The summed E-state index contributed by atoms with van der Waals surface area (Å²) in [5.41, 5.74) is -2.01. The molecule has 4 aliphatic rings. The molecule has 0 amide bonds. The molecule has 4 fully saturated rings. The molecule has 0 spiro atoms. The average Bonchev–Trinajstić information content (AvgIpc) is 3.25. The quantitative estimate of drug-likeness (QED) is 0.258. The molecule has 27 heavy (non-hydrogen) atoms. The zero-order valence-corrected chi connectivity index (χ0v) is 15.1. The molecule has 8 nitrogen and oxygen atoms in total. The van der Waals surface area contributed by atoms with Crippen molar-refractivity contribution in [3.8, 4) is 0 Å². The number of fused-ring (bicyclic) bond motifs is 3. The van der Waals surface area contributed by atoms with Crippen molar-refractivity contribution in [2.45, 2.75) is 49.3 Å². The average molecular weight is 380 g/mol. The van der Waals surface area contributed by atoms with E-state index in [1.165, 1.54) is 0 Å². The van der Waals surface area contributed by atoms with Crippen LogP contribution in [-0.4, -0.2) is 70.0 Å². The van der Waals surface area contributed by atoms with Crippen molar-refractivity contribution in [1.82, 2.24) is 0 Å². The first-order chi connectivity index (χ1) is 12.6. The molecule has 2 saturated heterocycles. The van der Waals surface area contributed by atoms with E-state index in [2.05, 4.69) is 13.2 Å². The van der Waals surface area contributed by atoms with Crippen LogP contribution in [0.15, 0.2) is 24.3 Å². The van der Waals surface area contributed by atoms with Gasteiger partial charge in [0.25, 0.3) is 0 Å². The smallest absolute Gasteiger partial charge is 0.340 e. The van der Waals surface area contributed by atoms with Gasteiger partial charge in [0.05, 0.1) is 25.2 Å². The number of carbonyl (C=O) groups is 2. The fourth-order valence-corrected chi connectivity index (χ4v) is 4.79. The van der Waals surface area contributed by atoms with Crippen LogP contribution in [0.2, 0.25) is 0 Å². The van der Waals surface area contributed by atoms with Crippen molar-refractivity contribution < 1.29 is 39.1 Å². The number of ether oxygens (including phenoxy) is 3. The largest absolute Gasteiger partial charge is 0.459 e. The molecular formula is C19H24O8. The van der Waals surface area contributed by atoms with E-state index in [9.17, 15) is 24.9 Å². The van der Waals surface area contributed by atoms with Gasteiger partial charge in [0.2, 0.25) is 0 Å². The van der Waals surface area contributed by atoms with Gasteiger partial charge < -0.3 is 29.5 Å². The molecule has 0 unspecified atom stereocenters. The Balaban J connectivity index is 1.72. The summed E-state index contributed by atoms with van der Waals surface area (Å²) in [6, 6.07) is 0. The highest BCUT2D eigenvalue weighted by Crippen LogP contribution is 2.54. The van der Waals surface area contributed by atoms with Crippen LogP contribution in [0.5, 0.6) is 0 Å². The lowest BCUT2D eigenvalue weighted by atomic mass is 9.76. The molecule has 2 aliphatic heterocycles. The Morgan fingerprint density at radius 1 is 1.41 bits per heavy atom. The Kier molecular flexibility index (Phi) is 4.05. The standard InChI is InChI=1S/C19H24O8/c1-8-4-11(26-17(23)18(3)7-25-18)13-9(2)16(22)27-15(13)14-10(8)5-12(21)19(14,24)6-20/h10-15,20-21,24H,1-2,4-7H2,3H3/t10-,11-,12-,13+,14-,15-,18-,19+/m0/s1. The second-order valence-corrected chi connectivity index (χ2v) is 8.28. The van der Waals surface area contributed by atoms with E-state index in [1.54, 1.807) is 6.92 Å². The van der Waals surface area contributed by atoms with Gasteiger partial charge in [-0.3, -0.25) is 0 Å². The lowest BCUT2D eigenvalue weighted by Crippen LogP contribution is -2.53. The number of hydrogen-bond donors (Lipinski definition) is 3. The molecule has 2 heterocycles. The maximum absolute atomic E-state index is 12.4. The van der Waals surface area contributed by atoms with Crippen LogP contribution in [0, 0.1) is 17.8 Å². The summed E-state index contributed by atoms with van der Waals surface area (Å²) in [6.45, 7) is 9.06. The molecule has 8 heteroatoms. The molecule has 0 aromatic rings. The molecule has 8 atom stereocenters. The first-order valence-electron chi connectivity index (χ1n) is 9.06. The lowest BCUT2D eigenvalue weighted by molar-refractivity contribution is -0.167. The molecular weight excluding hydrogens is 356 g/mol. The van der Waals surface area contributed by atoms with Gasteiger partial charge in [-0.25, -0.2) is 9.59 Å². The minimum Gasteiger partial charge on any atom is -0.459 e. The van der Waals surface area contributed by atoms with E-state index in [-0.39, 0.29) is 30.9 Å². The third-order valence-corrected chi connectivity index (χ3v) is 6.59. The van der Waals surface area contributed by atoms with Crippen LogP contribution < -0.4 is 0 Å². The predicted octanol–water partition coefficient (Wildman–Crippen LogP) is -0.535. The van der Waals surface area contributed by atoms with Gasteiger partial charge in [-0.2, -0.15) is 0 Å². The molecule has 4 rings (SSSR count). The van der Waals surface area contributed by atoms with Crippen molar-refractivity contribution in [3.63, 3.8) is 0 Å². The first kappa shape index (κ1) is 18.6. The topological polar surface area (TPSA) is 126 Å². The highest BCUT2D eigenvalue weighted by molar-refractivity contribution is 5.91. The van der Waals surface area contributed by atoms with Gasteiger partial charge in [0.1, 0.15) is 17.8 Å². The van der Waals surface area contributed by atoms with Gasteiger partial charge in [-0.05, 0) is 19.3 Å². The molecule has 0 radical (unpaired) electrons. The summed E-state index contributed by atoms with van der Waals surface area (Å²) in [7, 11) is 0. The van der Waals surface area contributed by atoms with Crippen LogP contribution in [-0.2, 0) is 23.8 Å². The SMILES string of the molecule is C=C1C(=O)O[C@H]2[C@H]1[C@@H](OC(=O)[C@]1(C)CO1)CC(=C)[C@@H]1C[C@H](O)[C@](O)(CO)[C@H]21. The maximum Gasteiger partial charge on any atom is 0.340 e. The van der Waals surface area contributed by atoms with E-state index in [0.29, 0.717) is 5.57 Å². The summed E-state index contributed by atoms with van der Waals surface area (Å²) in [4.78, 5) is 24.6. The monoisotopic (exact) mass is 380 g/mol. The van der Waals surface area contributed by atoms with Gasteiger partial charge in [-0.1, -0.05) is 18.7 Å². The Morgan fingerprint density at radius 3 is 2.67 bits per heavy atom. The number of hydrogen-bond acceptors (Lipinski definition) is 8. The van der Waals surface area contributed by atoms with E-state index in [1.807, 2.05) is 0 Å². The summed E-state index contributed by atoms with van der Waals surface area (Å²) in [5.74, 6) is -3.02. The molecule has 0 bridgehead atoms. The van der Waals surface area contributed by atoms with Crippen molar-refractivity contribution in [1.29, 1.82) is 0 Å². The summed E-state index contributed by atoms with van der Waals surface area (Å²) < 4.78 is 16.3. The van der Waals surface area contributed by atoms with Gasteiger partial charge in [-0.15, -0.1) is 0 Å². The van der Waals surface area contributed by atoms with Gasteiger partial charge >= 0.3 is 11.9 Å². The third kappa shape index (κ3) is 2.58. The van der Waals surface area contributed by atoms with E-state index in [4.69, 9.17) is 14.2 Å². The molecule has 0 aromatic carbocycles. The second kappa shape index (κ2) is 5.88. The van der Waals surface area contributed by atoms with Crippen LogP contribution in [0.4, 0.5) is 0 Å². The minimum absolute atomic E-state index is 0.148.